The molecule has 1 aromatic heterocycles. The summed E-state index contributed by atoms with van der Waals surface area (Å²) in [6.07, 6.45) is -3.14. The van der Waals surface area contributed by atoms with Crippen LogP contribution in [0, 0.1) is 16.1 Å². The van der Waals surface area contributed by atoms with Crippen molar-refractivity contribution in [3.8, 4) is 5.75 Å². The zero-order valence-corrected chi connectivity index (χ0v) is 7.41. The van der Waals surface area contributed by atoms with Crippen LogP contribution in [-0.2, 0) is 0 Å². The molecule has 5 nitrogen and oxygen atoms in total. The third kappa shape index (κ3) is 2.14. The molecule has 0 radical (unpaired) electrons. The SMILES string of the molecule is COc1c([N+](=O)[O-])cc(F)nc1C(F)F. The molecule has 0 aliphatic rings. The number of halogens is 3. The number of alkyl halides is 2. The maximum atomic E-state index is 12.7. The standard InChI is InChI=1S/C7H5F3N2O3/c1-15-6-3(12(13)14)2-4(8)11-5(6)7(9)10/h2,7H,1H3. The first-order valence-corrected chi connectivity index (χ1v) is 3.64. The minimum absolute atomic E-state index is 0.421. The van der Waals surface area contributed by atoms with Crippen molar-refractivity contribution in [1.82, 2.24) is 4.98 Å². The summed E-state index contributed by atoms with van der Waals surface area (Å²) in [6, 6.07) is 0.421. The van der Waals surface area contributed by atoms with Crippen LogP contribution in [0.2, 0.25) is 0 Å². The first-order chi connectivity index (χ1) is 6.97. The molecule has 1 rings (SSSR count). The Bertz CT molecular complexity index is 397. The quantitative estimate of drug-likeness (QED) is 0.446. The summed E-state index contributed by atoms with van der Waals surface area (Å²) in [5.74, 6) is -2.07. The highest BCUT2D eigenvalue weighted by Crippen LogP contribution is 2.35. The van der Waals surface area contributed by atoms with Crippen LogP contribution in [0.4, 0.5) is 18.9 Å². The average molecular weight is 222 g/mol. The van der Waals surface area contributed by atoms with Crippen molar-refractivity contribution < 1.29 is 22.8 Å². The summed E-state index contributed by atoms with van der Waals surface area (Å²) >= 11 is 0. The molecule has 0 amide bonds. The lowest BCUT2D eigenvalue weighted by atomic mass is 10.3. The van der Waals surface area contributed by atoms with E-state index in [1.807, 2.05) is 0 Å². The zero-order valence-electron chi connectivity index (χ0n) is 7.41. The van der Waals surface area contributed by atoms with Gasteiger partial charge in [-0.15, -0.1) is 0 Å². The summed E-state index contributed by atoms with van der Waals surface area (Å²) in [5.41, 5.74) is -1.95. The summed E-state index contributed by atoms with van der Waals surface area (Å²) in [7, 11) is 0.966. The maximum absolute atomic E-state index is 12.7. The van der Waals surface area contributed by atoms with Gasteiger partial charge in [0.15, 0.2) is 5.69 Å². The number of hydrogen-bond donors (Lipinski definition) is 0. The average Bonchev–Trinajstić information content (AvgIpc) is 2.16. The molecule has 82 valence electrons. The number of ether oxygens (including phenoxy) is 1. The molecule has 0 spiro atoms. The van der Waals surface area contributed by atoms with E-state index >= 15 is 0 Å². The van der Waals surface area contributed by atoms with E-state index in [1.54, 1.807) is 0 Å². The number of hydrogen-bond acceptors (Lipinski definition) is 4. The number of nitro groups is 1. The van der Waals surface area contributed by atoms with Gasteiger partial charge in [-0.05, 0) is 0 Å². The van der Waals surface area contributed by atoms with Gasteiger partial charge < -0.3 is 4.74 Å². The fourth-order valence-electron chi connectivity index (χ4n) is 1.00. The van der Waals surface area contributed by atoms with Gasteiger partial charge in [0.2, 0.25) is 11.7 Å². The van der Waals surface area contributed by atoms with Crippen LogP contribution in [0.5, 0.6) is 5.75 Å². The predicted molar refractivity (Wildman–Crippen MR) is 42.4 cm³/mol. The molecule has 0 N–H and O–H groups in total. The number of nitrogens with zero attached hydrogens (tertiary/aromatic N) is 2. The third-order valence-corrected chi connectivity index (χ3v) is 1.56. The Kier molecular flexibility index (Phi) is 3.08. The molecular formula is C7H5F3N2O3. The molecular weight excluding hydrogens is 217 g/mol. The smallest absolute Gasteiger partial charge is 0.317 e. The number of pyridine rings is 1. The monoisotopic (exact) mass is 222 g/mol. The van der Waals surface area contributed by atoms with Crippen LogP contribution in [0.25, 0.3) is 0 Å². The fourth-order valence-corrected chi connectivity index (χ4v) is 1.00. The predicted octanol–water partition coefficient (Wildman–Crippen LogP) is 2.08. The Morgan fingerprint density at radius 3 is 2.60 bits per heavy atom. The van der Waals surface area contributed by atoms with Crippen molar-refractivity contribution in [2.75, 3.05) is 7.11 Å². The van der Waals surface area contributed by atoms with E-state index in [0.29, 0.717) is 6.07 Å². The molecule has 0 bridgehead atoms. The van der Waals surface area contributed by atoms with Gasteiger partial charge in [0.1, 0.15) is 0 Å². The lowest BCUT2D eigenvalue weighted by molar-refractivity contribution is -0.386. The van der Waals surface area contributed by atoms with Gasteiger partial charge in [0.25, 0.3) is 6.43 Å². The van der Waals surface area contributed by atoms with E-state index in [9.17, 15) is 23.3 Å². The highest BCUT2D eigenvalue weighted by Gasteiger charge is 2.27. The highest BCUT2D eigenvalue weighted by atomic mass is 19.3. The highest BCUT2D eigenvalue weighted by molar-refractivity contribution is 5.49. The Morgan fingerprint density at radius 2 is 2.20 bits per heavy atom. The molecule has 0 fully saturated rings. The first kappa shape index (κ1) is 11.2. The van der Waals surface area contributed by atoms with E-state index in [0.717, 1.165) is 7.11 Å². The molecule has 0 aromatic carbocycles. The Balaban J connectivity index is 3.45. The minimum atomic E-state index is -3.14. The van der Waals surface area contributed by atoms with Crippen molar-refractivity contribution in [2.24, 2.45) is 0 Å². The Morgan fingerprint density at radius 1 is 1.60 bits per heavy atom. The molecule has 15 heavy (non-hydrogen) atoms. The molecule has 0 atom stereocenters. The molecule has 0 aliphatic carbocycles. The topological polar surface area (TPSA) is 65.3 Å². The van der Waals surface area contributed by atoms with Crippen molar-refractivity contribution in [1.29, 1.82) is 0 Å². The number of methoxy groups -OCH3 is 1. The van der Waals surface area contributed by atoms with E-state index in [1.165, 1.54) is 0 Å². The second-order valence-electron chi connectivity index (χ2n) is 2.44. The van der Waals surface area contributed by atoms with E-state index in [-0.39, 0.29) is 0 Å². The lowest BCUT2D eigenvalue weighted by Gasteiger charge is -2.06. The molecule has 8 heteroatoms. The zero-order chi connectivity index (χ0) is 11.6. The van der Waals surface area contributed by atoms with Gasteiger partial charge in [0.05, 0.1) is 18.1 Å². The normalized spacial score (nSPS) is 10.5. The van der Waals surface area contributed by atoms with Crippen molar-refractivity contribution in [2.45, 2.75) is 6.43 Å². The minimum Gasteiger partial charge on any atom is -0.489 e. The molecule has 1 heterocycles. The lowest BCUT2D eigenvalue weighted by Crippen LogP contribution is -2.03. The second kappa shape index (κ2) is 4.11. The van der Waals surface area contributed by atoms with Crippen LogP contribution >= 0.6 is 0 Å². The largest absolute Gasteiger partial charge is 0.489 e. The molecule has 1 aromatic rings. The summed E-state index contributed by atoms with van der Waals surface area (Å²) in [5, 5.41) is 10.4. The second-order valence-corrected chi connectivity index (χ2v) is 2.44. The van der Waals surface area contributed by atoms with E-state index < -0.39 is 34.4 Å². The van der Waals surface area contributed by atoms with Crippen molar-refractivity contribution in [3.63, 3.8) is 0 Å². The van der Waals surface area contributed by atoms with Crippen molar-refractivity contribution in [3.05, 3.63) is 27.8 Å². The van der Waals surface area contributed by atoms with Crippen LogP contribution in [0.1, 0.15) is 12.1 Å². The van der Waals surface area contributed by atoms with Gasteiger partial charge in [-0.1, -0.05) is 0 Å². The Hall–Kier alpha value is -1.86. The first-order valence-electron chi connectivity index (χ1n) is 3.64. The van der Waals surface area contributed by atoms with Gasteiger partial charge in [-0.3, -0.25) is 10.1 Å². The van der Waals surface area contributed by atoms with Crippen LogP contribution in [-0.4, -0.2) is 17.0 Å². The summed E-state index contributed by atoms with van der Waals surface area (Å²) in [6.45, 7) is 0. The van der Waals surface area contributed by atoms with Gasteiger partial charge in [-0.2, -0.15) is 4.39 Å². The number of aromatic nitrogens is 1. The van der Waals surface area contributed by atoms with E-state index in [2.05, 4.69) is 9.72 Å². The molecule has 0 saturated carbocycles. The van der Waals surface area contributed by atoms with Crippen LogP contribution < -0.4 is 4.74 Å². The third-order valence-electron chi connectivity index (χ3n) is 1.56. The molecule has 0 aliphatic heterocycles. The molecule has 0 unspecified atom stereocenters. The van der Waals surface area contributed by atoms with E-state index in [4.69, 9.17) is 0 Å². The van der Waals surface area contributed by atoms with Crippen molar-refractivity contribution >= 4 is 5.69 Å². The summed E-state index contributed by atoms with van der Waals surface area (Å²) in [4.78, 5) is 12.2. The Labute approximate surface area is 81.6 Å². The fraction of sp³-hybridized carbons (Fsp3) is 0.286. The summed E-state index contributed by atoms with van der Waals surface area (Å²) < 4.78 is 41.7. The van der Waals surface area contributed by atoms with Gasteiger partial charge in [0, 0.05) is 0 Å². The van der Waals surface area contributed by atoms with Gasteiger partial charge >= 0.3 is 5.69 Å². The van der Waals surface area contributed by atoms with Crippen LogP contribution in [0.15, 0.2) is 6.07 Å². The van der Waals surface area contributed by atoms with Gasteiger partial charge in [-0.25, -0.2) is 13.8 Å². The number of rotatable bonds is 3. The van der Waals surface area contributed by atoms with Crippen LogP contribution in [0.3, 0.4) is 0 Å². The molecule has 0 saturated heterocycles. The maximum Gasteiger partial charge on any atom is 0.317 e.